The molecule has 0 unspecified atom stereocenters. The van der Waals surface area contributed by atoms with Crippen molar-refractivity contribution in [1.82, 2.24) is 14.8 Å². The monoisotopic (exact) mass is 382 g/mol. The highest BCUT2D eigenvalue weighted by atomic mass is 16.6. The van der Waals surface area contributed by atoms with E-state index in [0.717, 1.165) is 5.56 Å². The van der Waals surface area contributed by atoms with Crippen LogP contribution in [-0.4, -0.2) is 57.1 Å². The quantitative estimate of drug-likeness (QED) is 0.544. The third-order valence-corrected chi connectivity index (χ3v) is 4.83. The van der Waals surface area contributed by atoms with Gasteiger partial charge in [-0.2, -0.15) is 0 Å². The minimum atomic E-state index is -0.883. The Balaban J connectivity index is 1.55. The molecule has 28 heavy (non-hydrogen) atoms. The smallest absolute Gasteiger partial charge is 0.407 e. The van der Waals surface area contributed by atoms with Gasteiger partial charge in [0.15, 0.2) is 5.58 Å². The molecule has 2 aromatic carbocycles. The van der Waals surface area contributed by atoms with Crippen molar-refractivity contribution in [2.24, 2.45) is 0 Å². The Morgan fingerprint density at radius 3 is 2.64 bits per heavy atom. The second kappa shape index (κ2) is 7.28. The van der Waals surface area contributed by atoms with Crippen LogP contribution < -0.4 is 0 Å². The normalized spacial score (nSPS) is 15.1. The molecule has 0 radical (unpaired) electrons. The van der Waals surface area contributed by atoms with Gasteiger partial charge in [-0.15, -0.1) is 0 Å². The van der Waals surface area contributed by atoms with E-state index in [-0.39, 0.29) is 11.6 Å². The zero-order chi connectivity index (χ0) is 19.7. The number of aromatic nitrogens is 1. The van der Waals surface area contributed by atoms with E-state index in [9.17, 15) is 14.9 Å². The number of fused-ring (bicyclic) bond motifs is 1. The third kappa shape index (κ3) is 3.52. The van der Waals surface area contributed by atoms with Crippen LogP contribution >= 0.6 is 0 Å². The summed E-state index contributed by atoms with van der Waals surface area (Å²) in [5, 5.41) is 20.3. The molecule has 0 bridgehead atoms. The van der Waals surface area contributed by atoms with Gasteiger partial charge in [-0.1, -0.05) is 18.2 Å². The van der Waals surface area contributed by atoms with Crippen molar-refractivity contribution < 1.29 is 19.2 Å². The fourth-order valence-corrected chi connectivity index (χ4v) is 3.36. The molecule has 0 atom stereocenters. The summed E-state index contributed by atoms with van der Waals surface area (Å²) in [7, 11) is 0. The summed E-state index contributed by atoms with van der Waals surface area (Å²) in [6.07, 6.45) is -0.883. The largest absolute Gasteiger partial charge is 0.465 e. The maximum Gasteiger partial charge on any atom is 0.407 e. The number of hydrogen-bond donors (Lipinski definition) is 1. The first-order chi connectivity index (χ1) is 13.5. The minimum Gasteiger partial charge on any atom is -0.465 e. The zero-order valence-corrected chi connectivity index (χ0v) is 14.9. The number of carbonyl (C=O) groups is 1. The van der Waals surface area contributed by atoms with Crippen molar-refractivity contribution in [3.05, 3.63) is 58.1 Å². The van der Waals surface area contributed by atoms with E-state index in [2.05, 4.69) is 9.88 Å². The van der Waals surface area contributed by atoms with Crippen LogP contribution in [0.15, 0.2) is 46.9 Å². The van der Waals surface area contributed by atoms with Gasteiger partial charge in [0.05, 0.1) is 4.92 Å². The van der Waals surface area contributed by atoms with Gasteiger partial charge < -0.3 is 14.4 Å². The van der Waals surface area contributed by atoms with E-state index < -0.39 is 11.0 Å². The molecule has 1 aromatic heterocycles. The van der Waals surface area contributed by atoms with Gasteiger partial charge in [0.2, 0.25) is 5.89 Å². The molecule has 1 fully saturated rings. The number of nitro groups is 1. The molecule has 144 valence electrons. The first kappa shape index (κ1) is 17.9. The van der Waals surface area contributed by atoms with Crippen LogP contribution in [0.3, 0.4) is 0 Å². The van der Waals surface area contributed by atoms with Gasteiger partial charge in [-0.3, -0.25) is 15.0 Å². The second-order valence-electron chi connectivity index (χ2n) is 6.64. The lowest BCUT2D eigenvalue weighted by molar-refractivity contribution is -0.384. The van der Waals surface area contributed by atoms with Crippen LogP contribution in [0.25, 0.3) is 22.6 Å². The molecule has 1 N–H and O–H groups in total. The average Bonchev–Trinajstić information content (AvgIpc) is 3.11. The molecule has 1 aliphatic heterocycles. The van der Waals surface area contributed by atoms with E-state index >= 15 is 0 Å². The zero-order valence-electron chi connectivity index (χ0n) is 14.9. The summed E-state index contributed by atoms with van der Waals surface area (Å²) in [5.41, 5.74) is 2.52. The summed E-state index contributed by atoms with van der Waals surface area (Å²) < 4.78 is 5.73. The number of rotatable bonds is 4. The standard InChI is InChI=1S/C19H18N4O5/c24-19(25)22-9-7-21(8-10-22)12-13-5-6-17-15(11-13)20-18(28-17)14-3-1-2-4-16(14)23(26)27/h1-6,11H,7-10,12H2,(H,24,25). The topological polar surface area (TPSA) is 113 Å². The van der Waals surface area contributed by atoms with Crippen LogP contribution in [0.4, 0.5) is 10.5 Å². The Morgan fingerprint density at radius 1 is 1.18 bits per heavy atom. The summed E-state index contributed by atoms with van der Waals surface area (Å²) in [5.74, 6) is 0.217. The number of piperazine rings is 1. The number of hydrogen-bond acceptors (Lipinski definition) is 6. The van der Waals surface area contributed by atoms with E-state index in [4.69, 9.17) is 9.52 Å². The number of para-hydroxylation sites is 1. The van der Waals surface area contributed by atoms with Crippen LogP contribution in [0.5, 0.6) is 0 Å². The van der Waals surface area contributed by atoms with Gasteiger partial charge in [-0.25, -0.2) is 9.78 Å². The van der Waals surface area contributed by atoms with Crippen LogP contribution in [0, 0.1) is 10.1 Å². The highest BCUT2D eigenvalue weighted by Crippen LogP contribution is 2.31. The number of carboxylic acid groups (broad SMARTS) is 1. The molecule has 1 aliphatic rings. The van der Waals surface area contributed by atoms with Gasteiger partial charge in [0.1, 0.15) is 11.1 Å². The summed E-state index contributed by atoms with van der Waals surface area (Å²) in [6.45, 7) is 3.00. The number of nitro benzene ring substituents is 1. The van der Waals surface area contributed by atoms with Crippen molar-refractivity contribution in [2.75, 3.05) is 26.2 Å². The van der Waals surface area contributed by atoms with Gasteiger partial charge >= 0.3 is 6.09 Å². The lowest BCUT2D eigenvalue weighted by Gasteiger charge is -2.33. The Labute approximate surface area is 159 Å². The van der Waals surface area contributed by atoms with Crippen molar-refractivity contribution in [1.29, 1.82) is 0 Å². The van der Waals surface area contributed by atoms with Crippen molar-refractivity contribution in [3.8, 4) is 11.5 Å². The molecule has 9 nitrogen and oxygen atoms in total. The van der Waals surface area contributed by atoms with E-state index in [1.54, 1.807) is 18.2 Å². The second-order valence-corrected chi connectivity index (χ2v) is 6.64. The third-order valence-electron chi connectivity index (χ3n) is 4.83. The Hall–Kier alpha value is -3.46. The molecule has 9 heteroatoms. The molecular formula is C19H18N4O5. The lowest BCUT2D eigenvalue weighted by Crippen LogP contribution is -2.47. The van der Waals surface area contributed by atoms with Gasteiger partial charge in [0, 0.05) is 38.8 Å². The van der Waals surface area contributed by atoms with Crippen LogP contribution in [-0.2, 0) is 6.54 Å². The number of benzene rings is 2. The highest BCUT2D eigenvalue weighted by molar-refractivity contribution is 5.79. The number of oxazole rings is 1. The number of nitrogens with zero attached hydrogens (tertiary/aromatic N) is 4. The minimum absolute atomic E-state index is 0.0504. The summed E-state index contributed by atoms with van der Waals surface area (Å²) in [4.78, 5) is 29.8. The molecule has 0 aliphatic carbocycles. The Morgan fingerprint density at radius 2 is 1.93 bits per heavy atom. The Kier molecular flexibility index (Phi) is 4.66. The van der Waals surface area contributed by atoms with Crippen molar-refractivity contribution in [2.45, 2.75) is 6.54 Å². The fraction of sp³-hybridized carbons (Fsp3) is 0.263. The highest BCUT2D eigenvalue weighted by Gasteiger charge is 2.21. The van der Waals surface area contributed by atoms with E-state index in [1.807, 2.05) is 18.2 Å². The maximum atomic E-state index is 11.2. The van der Waals surface area contributed by atoms with E-state index in [0.29, 0.717) is 49.4 Å². The van der Waals surface area contributed by atoms with Crippen LogP contribution in [0.1, 0.15) is 5.56 Å². The maximum absolute atomic E-state index is 11.2. The lowest BCUT2D eigenvalue weighted by atomic mass is 10.1. The molecule has 2 heterocycles. The van der Waals surface area contributed by atoms with Crippen molar-refractivity contribution in [3.63, 3.8) is 0 Å². The first-order valence-corrected chi connectivity index (χ1v) is 8.85. The van der Waals surface area contributed by atoms with Gasteiger partial charge in [0.25, 0.3) is 5.69 Å². The predicted molar refractivity (Wildman–Crippen MR) is 101 cm³/mol. The van der Waals surface area contributed by atoms with Gasteiger partial charge in [-0.05, 0) is 23.8 Å². The summed E-state index contributed by atoms with van der Waals surface area (Å²) >= 11 is 0. The van der Waals surface area contributed by atoms with Crippen LogP contribution in [0.2, 0.25) is 0 Å². The predicted octanol–water partition coefficient (Wildman–Crippen LogP) is 3.20. The Bertz CT molecular complexity index is 1040. The molecule has 4 rings (SSSR count). The van der Waals surface area contributed by atoms with E-state index in [1.165, 1.54) is 11.0 Å². The average molecular weight is 382 g/mol. The molecule has 3 aromatic rings. The molecule has 0 saturated carbocycles. The SMILES string of the molecule is O=C(O)N1CCN(Cc2ccc3oc(-c4ccccc4[N+](=O)[O-])nc3c2)CC1. The first-order valence-electron chi connectivity index (χ1n) is 8.85. The van der Waals surface area contributed by atoms with Crippen molar-refractivity contribution >= 4 is 22.9 Å². The molecule has 0 spiro atoms. The molecule has 1 amide bonds. The fourth-order valence-electron chi connectivity index (χ4n) is 3.36. The number of amides is 1. The molecule has 1 saturated heterocycles. The summed E-state index contributed by atoms with van der Waals surface area (Å²) in [6, 6.07) is 12.0. The molecular weight excluding hydrogens is 364 g/mol.